The molecule has 5 atom stereocenters. The van der Waals surface area contributed by atoms with Gasteiger partial charge in [-0.25, -0.2) is 0 Å². The zero-order valence-electron chi connectivity index (χ0n) is 8.75. The van der Waals surface area contributed by atoms with Gasteiger partial charge in [0.1, 0.15) is 24.2 Å². The van der Waals surface area contributed by atoms with Crippen molar-refractivity contribution in [3.05, 3.63) is 0 Å². The summed E-state index contributed by atoms with van der Waals surface area (Å²) in [5, 5.41) is 19.7. The number of aliphatic hydroxyl groups is 2. The predicted octanol–water partition coefficient (Wildman–Crippen LogP) is -1.47. The number of amides is 1. The maximum absolute atomic E-state index is 11.5. The van der Waals surface area contributed by atoms with Crippen LogP contribution in [-0.2, 0) is 14.3 Å². The molecule has 2 saturated heterocycles. The number of halogens is 1. The number of likely N-dealkylation sites (tertiary alicyclic amines) is 1. The standard InChI is InChI=1S/C9H14ClNO5/c1-15-9-8(14)6-7(13)4(16-9)3-11(6)5(12)2-10/h4,6-9,13-14H,2-3H2,1H3/t4?,6?,7-,8?,9+/m1/s1. The molecule has 1 amide bonds. The number of fused-ring (bicyclic) bond motifs is 2. The second kappa shape index (κ2) is 4.46. The van der Waals surface area contributed by atoms with Gasteiger partial charge >= 0.3 is 0 Å². The van der Waals surface area contributed by atoms with Crippen LogP contribution in [0.25, 0.3) is 0 Å². The minimum absolute atomic E-state index is 0.180. The Kier molecular flexibility index (Phi) is 3.37. The molecule has 0 aliphatic carbocycles. The smallest absolute Gasteiger partial charge is 0.238 e. The number of nitrogens with zero attached hydrogens (tertiary/aromatic N) is 1. The first-order valence-electron chi connectivity index (χ1n) is 5.00. The molecule has 0 saturated carbocycles. The molecule has 6 nitrogen and oxygen atoms in total. The number of hydrogen-bond donors (Lipinski definition) is 2. The third-order valence-electron chi connectivity index (χ3n) is 3.07. The van der Waals surface area contributed by atoms with Crippen LogP contribution in [0, 0.1) is 0 Å². The van der Waals surface area contributed by atoms with Gasteiger partial charge in [0.25, 0.3) is 0 Å². The van der Waals surface area contributed by atoms with Crippen LogP contribution in [-0.4, -0.2) is 71.2 Å². The van der Waals surface area contributed by atoms with E-state index in [0.717, 1.165) is 0 Å². The molecule has 2 rings (SSSR count). The van der Waals surface area contributed by atoms with Crippen LogP contribution in [0.1, 0.15) is 0 Å². The van der Waals surface area contributed by atoms with Crippen molar-refractivity contribution in [2.75, 3.05) is 19.5 Å². The lowest BCUT2D eigenvalue weighted by atomic mass is 10.0. The first kappa shape index (κ1) is 12.1. The van der Waals surface area contributed by atoms with Crippen LogP contribution in [0.3, 0.4) is 0 Å². The SMILES string of the molecule is CO[C@H]1OC2CN(C(=O)CCl)C(C1O)[C@@H]2O. The highest BCUT2D eigenvalue weighted by Gasteiger charge is 2.54. The molecule has 92 valence electrons. The van der Waals surface area contributed by atoms with Gasteiger partial charge in [-0.1, -0.05) is 0 Å². The predicted molar refractivity (Wildman–Crippen MR) is 53.9 cm³/mol. The summed E-state index contributed by atoms with van der Waals surface area (Å²) in [5.74, 6) is -0.507. The van der Waals surface area contributed by atoms with Crippen molar-refractivity contribution in [2.24, 2.45) is 0 Å². The van der Waals surface area contributed by atoms with Gasteiger partial charge in [0, 0.05) is 7.11 Å². The largest absolute Gasteiger partial charge is 0.388 e. The molecule has 0 aromatic rings. The summed E-state index contributed by atoms with van der Waals surface area (Å²) in [7, 11) is 1.40. The highest BCUT2D eigenvalue weighted by atomic mass is 35.5. The summed E-state index contributed by atoms with van der Waals surface area (Å²) < 4.78 is 10.3. The van der Waals surface area contributed by atoms with Crippen LogP contribution in [0.5, 0.6) is 0 Å². The lowest BCUT2D eigenvalue weighted by Gasteiger charge is -2.36. The van der Waals surface area contributed by atoms with Gasteiger partial charge in [-0.05, 0) is 0 Å². The summed E-state index contributed by atoms with van der Waals surface area (Å²) >= 11 is 5.46. The zero-order valence-corrected chi connectivity index (χ0v) is 9.50. The molecule has 2 fully saturated rings. The number of methoxy groups -OCH3 is 1. The Morgan fingerprint density at radius 2 is 2.25 bits per heavy atom. The van der Waals surface area contributed by atoms with Crippen molar-refractivity contribution in [1.82, 2.24) is 4.90 Å². The van der Waals surface area contributed by atoms with Gasteiger partial charge in [0.2, 0.25) is 5.91 Å². The maximum Gasteiger partial charge on any atom is 0.238 e. The van der Waals surface area contributed by atoms with E-state index in [-0.39, 0.29) is 18.3 Å². The van der Waals surface area contributed by atoms with Gasteiger partial charge in [-0.2, -0.15) is 0 Å². The third-order valence-corrected chi connectivity index (χ3v) is 3.30. The highest BCUT2D eigenvalue weighted by Crippen LogP contribution is 2.32. The fourth-order valence-electron chi connectivity index (χ4n) is 2.29. The van der Waals surface area contributed by atoms with E-state index in [0.29, 0.717) is 0 Å². The summed E-state index contributed by atoms with van der Waals surface area (Å²) in [4.78, 5) is 12.9. The van der Waals surface area contributed by atoms with Gasteiger partial charge in [-0.3, -0.25) is 4.79 Å². The average Bonchev–Trinajstić information content (AvgIpc) is 2.51. The summed E-state index contributed by atoms with van der Waals surface area (Å²) in [6.07, 6.45) is -3.29. The number of hydrogen-bond acceptors (Lipinski definition) is 5. The Bertz CT molecular complexity index is 289. The van der Waals surface area contributed by atoms with Crippen LogP contribution in [0.4, 0.5) is 0 Å². The molecule has 16 heavy (non-hydrogen) atoms. The fourth-order valence-corrected chi connectivity index (χ4v) is 2.44. The second-order valence-corrected chi connectivity index (χ2v) is 4.20. The molecule has 0 aromatic carbocycles. The van der Waals surface area contributed by atoms with Crippen molar-refractivity contribution >= 4 is 17.5 Å². The van der Waals surface area contributed by atoms with Crippen LogP contribution in [0.2, 0.25) is 0 Å². The average molecular weight is 252 g/mol. The quantitative estimate of drug-likeness (QED) is 0.586. The number of carbonyl (C=O) groups is 1. The zero-order chi connectivity index (χ0) is 11.9. The lowest BCUT2D eigenvalue weighted by Crippen LogP contribution is -2.57. The topological polar surface area (TPSA) is 79.2 Å². The molecule has 3 unspecified atom stereocenters. The summed E-state index contributed by atoms with van der Waals surface area (Å²) in [6.45, 7) is 0.230. The van der Waals surface area contributed by atoms with Gasteiger partial charge < -0.3 is 24.6 Å². The molecule has 2 aliphatic heterocycles. The number of aliphatic hydroxyl groups excluding tert-OH is 2. The first-order chi connectivity index (χ1) is 7.60. The molecule has 0 spiro atoms. The molecule has 2 heterocycles. The lowest BCUT2D eigenvalue weighted by molar-refractivity contribution is -0.248. The van der Waals surface area contributed by atoms with E-state index < -0.39 is 30.6 Å². The molecular weight excluding hydrogens is 238 g/mol. The molecule has 0 aromatic heterocycles. The van der Waals surface area contributed by atoms with Gasteiger partial charge in [-0.15, -0.1) is 11.6 Å². The second-order valence-electron chi connectivity index (χ2n) is 3.93. The normalized spacial score (nSPS) is 42.5. The van der Waals surface area contributed by atoms with Crippen molar-refractivity contribution in [2.45, 2.75) is 30.6 Å². The minimum atomic E-state index is -1.06. The van der Waals surface area contributed by atoms with Crippen molar-refractivity contribution in [3.8, 4) is 0 Å². The van der Waals surface area contributed by atoms with Crippen LogP contribution < -0.4 is 0 Å². The molecule has 2 aliphatic rings. The molecule has 7 heteroatoms. The maximum atomic E-state index is 11.5. The number of ether oxygens (including phenoxy) is 2. The Morgan fingerprint density at radius 1 is 1.56 bits per heavy atom. The minimum Gasteiger partial charge on any atom is -0.388 e. The molecule has 2 bridgehead atoms. The van der Waals surface area contributed by atoms with Crippen LogP contribution in [0.15, 0.2) is 0 Å². The number of alkyl halides is 1. The van der Waals surface area contributed by atoms with E-state index in [9.17, 15) is 15.0 Å². The highest BCUT2D eigenvalue weighted by molar-refractivity contribution is 6.27. The van der Waals surface area contributed by atoms with Gasteiger partial charge in [0.05, 0.1) is 12.6 Å². The van der Waals surface area contributed by atoms with Crippen LogP contribution >= 0.6 is 11.6 Å². The van der Waals surface area contributed by atoms with Gasteiger partial charge in [0.15, 0.2) is 6.29 Å². The molecular formula is C9H14ClNO5. The van der Waals surface area contributed by atoms with E-state index >= 15 is 0 Å². The first-order valence-corrected chi connectivity index (χ1v) is 5.53. The monoisotopic (exact) mass is 251 g/mol. The fraction of sp³-hybridized carbons (Fsp3) is 0.889. The Morgan fingerprint density at radius 3 is 2.81 bits per heavy atom. The Balaban J connectivity index is 2.20. The van der Waals surface area contributed by atoms with E-state index in [1.165, 1.54) is 12.0 Å². The van der Waals surface area contributed by atoms with Crippen molar-refractivity contribution < 1.29 is 24.5 Å². The summed E-state index contributed by atoms with van der Waals surface area (Å²) in [5.41, 5.74) is 0. The molecule has 2 N–H and O–H groups in total. The third kappa shape index (κ3) is 1.70. The Labute approximate surface area is 97.7 Å². The summed E-state index contributed by atoms with van der Waals surface area (Å²) in [6, 6.07) is -0.699. The molecule has 0 radical (unpaired) electrons. The van der Waals surface area contributed by atoms with Crippen molar-refractivity contribution in [3.63, 3.8) is 0 Å². The van der Waals surface area contributed by atoms with E-state index in [4.69, 9.17) is 21.1 Å². The van der Waals surface area contributed by atoms with E-state index in [1.807, 2.05) is 0 Å². The van der Waals surface area contributed by atoms with E-state index in [1.54, 1.807) is 0 Å². The number of carbonyl (C=O) groups excluding carboxylic acids is 1. The van der Waals surface area contributed by atoms with Crippen molar-refractivity contribution in [1.29, 1.82) is 0 Å². The Hall–Kier alpha value is -0.400. The number of rotatable bonds is 2. The van der Waals surface area contributed by atoms with E-state index in [2.05, 4.69) is 0 Å².